The van der Waals surface area contributed by atoms with Crippen molar-refractivity contribution >= 4 is 28.2 Å². The first kappa shape index (κ1) is 26.2. The van der Waals surface area contributed by atoms with Gasteiger partial charge in [-0.1, -0.05) is 85.8 Å². The summed E-state index contributed by atoms with van der Waals surface area (Å²) in [5, 5.41) is 0. The van der Waals surface area contributed by atoms with Gasteiger partial charge in [-0.25, -0.2) is 0 Å². The summed E-state index contributed by atoms with van der Waals surface area (Å²) in [7, 11) is 8.31. The Morgan fingerprint density at radius 1 is 0.590 bits per heavy atom. The lowest BCUT2D eigenvalue weighted by Gasteiger charge is -2.22. The van der Waals surface area contributed by atoms with Crippen molar-refractivity contribution in [3.05, 3.63) is 143 Å². The molecule has 0 bridgehead atoms. The highest BCUT2D eigenvalue weighted by Gasteiger charge is 2.20. The summed E-state index contributed by atoms with van der Waals surface area (Å²) >= 11 is 0. The summed E-state index contributed by atoms with van der Waals surface area (Å²) < 4.78 is 0. The third-order valence-electron chi connectivity index (χ3n) is 7.38. The molecule has 1 aliphatic carbocycles. The van der Waals surface area contributed by atoms with Crippen LogP contribution in [0.1, 0.15) is 40.3 Å². The van der Waals surface area contributed by atoms with Crippen molar-refractivity contribution in [3.63, 3.8) is 0 Å². The van der Waals surface area contributed by atoms with Gasteiger partial charge in [-0.2, -0.15) is 0 Å². The van der Waals surface area contributed by atoms with Gasteiger partial charge in [-0.3, -0.25) is 4.99 Å². The molecule has 4 aromatic carbocycles. The molecule has 5 rings (SSSR count). The molecule has 0 fully saturated rings. The third kappa shape index (κ3) is 5.73. The summed E-state index contributed by atoms with van der Waals surface area (Å²) in [6.07, 6.45) is 5.48. The van der Waals surface area contributed by atoms with Crippen LogP contribution >= 0.6 is 0 Å². The van der Waals surface area contributed by atoms with Gasteiger partial charge in [0.25, 0.3) is 0 Å². The van der Waals surface area contributed by atoms with Gasteiger partial charge < -0.3 is 9.80 Å². The lowest BCUT2D eigenvalue weighted by Crippen LogP contribution is -2.10. The molecule has 0 amide bonds. The zero-order valence-corrected chi connectivity index (χ0v) is 23.6. The largest absolute Gasteiger partial charge is 0.378 e. The minimum absolute atomic E-state index is 0.669. The van der Waals surface area contributed by atoms with E-state index in [-0.39, 0.29) is 0 Å². The van der Waals surface area contributed by atoms with E-state index in [1.165, 1.54) is 55.9 Å². The summed E-state index contributed by atoms with van der Waals surface area (Å²) in [4.78, 5) is 9.32. The number of aryl methyl sites for hydroxylation is 1. The molecule has 3 nitrogen and oxygen atoms in total. The number of aliphatic imine (C=N–C) groups is 1. The molecule has 0 spiro atoms. The van der Waals surface area contributed by atoms with Crippen LogP contribution in [0.4, 0.5) is 11.4 Å². The number of anilines is 2. The van der Waals surface area contributed by atoms with Crippen LogP contribution in [0.5, 0.6) is 0 Å². The normalized spacial score (nSPS) is 13.4. The van der Waals surface area contributed by atoms with Crippen LogP contribution in [0.3, 0.4) is 0 Å². The number of nitrogens with zero attached hydrogens (tertiary/aromatic N) is 3. The van der Waals surface area contributed by atoms with Crippen molar-refractivity contribution in [1.29, 1.82) is 0 Å². The minimum atomic E-state index is 0.669. The van der Waals surface area contributed by atoms with Crippen LogP contribution in [0, 0.1) is 0 Å². The lowest BCUT2D eigenvalue weighted by molar-refractivity contribution is 1.06. The van der Waals surface area contributed by atoms with Gasteiger partial charge in [-0.05, 0) is 75.7 Å². The molecule has 0 saturated heterocycles. The Balaban J connectivity index is 1.62. The number of benzene rings is 4. The number of allylic oxidation sites excluding steroid dienone is 3. The zero-order chi connectivity index (χ0) is 27.4. The molecule has 0 N–H and O–H groups in total. The molecular weight excluding hydrogens is 474 g/mol. The predicted molar refractivity (Wildman–Crippen MR) is 169 cm³/mol. The first-order chi connectivity index (χ1) is 18.9. The van der Waals surface area contributed by atoms with E-state index in [4.69, 9.17) is 4.99 Å². The average molecular weight is 512 g/mol. The lowest BCUT2D eigenvalue weighted by atomic mass is 9.83. The van der Waals surface area contributed by atoms with E-state index in [0.29, 0.717) is 6.54 Å². The second-order valence-corrected chi connectivity index (χ2v) is 10.4. The molecule has 196 valence electrons. The monoisotopic (exact) mass is 511 g/mol. The van der Waals surface area contributed by atoms with Crippen molar-refractivity contribution in [3.8, 4) is 0 Å². The Morgan fingerprint density at radius 3 is 1.62 bits per heavy atom. The third-order valence-corrected chi connectivity index (χ3v) is 7.38. The highest BCUT2D eigenvalue weighted by molar-refractivity contribution is 6.19. The Hall–Kier alpha value is -4.37. The fourth-order valence-corrected chi connectivity index (χ4v) is 5.03. The van der Waals surface area contributed by atoms with Crippen molar-refractivity contribution in [2.24, 2.45) is 4.99 Å². The molecule has 3 heteroatoms. The maximum atomic E-state index is 5.05. The van der Waals surface area contributed by atoms with E-state index < -0.39 is 0 Å². The van der Waals surface area contributed by atoms with Gasteiger partial charge >= 0.3 is 0 Å². The number of rotatable bonds is 7. The first-order valence-electron chi connectivity index (χ1n) is 13.6. The molecule has 4 aromatic rings. The number of hydrogen-bond donors (Lipinski definition) is 0. The molecule has 39 heavy (non-hydrogen) atoms. The Kier molecular flexibility index (Phi) is 7.79. The van der Waals surface area contributed by atoms with E-state index in [1.54, 1.807) is 0 Å². The molecule has 0 saturated carbocycles. The zero-order valence-electron chi connectivity index (χ0n) is 23.6. The maximum absolute atomic E-state index is 5.05. The van der Waals surface area contributed by atoms with Crippen LogP contribution < -0.4 is 9.80 Å². The predicted octanol–water partition coefficient (Wildman–Crippen LogP) is 7.90. The smallest absolute Gasteiger partial charge is 0.0657 e. The second-order valence-electron chi connectivity index (χ2n) is 10.4. The fourth-order valence-electron chi connectivity index (χ4n) is 5.03. The molecular formula is C36H37N3. The van der Waals surface area contributed by atoms with Crippen molar-refractivity contribution in [1.82, 2.24) is 0 Å². The fraction of sp³-hybridized carbons (Fsp3) is 0.194. The molecule has 0 radical (unpaired) electrons. The molecule has 0 aliphatic heterocycles. The molecule has 0 heterocycles. The first-order valence-corrected chi connectivity index (χ1v) is 13.6. The number of fused-ring (bicyclic) bond motifs is 1. The van der Waals surface area contributed by atoms with Gasteiger partial charge in [0.2, 0.25) is 0 Å². The summed E-state index contributed by atoms with van der Waals surface area (Å²) in [6, 6.07) is 35.2. The molecule has 1 aliphatic rings. The van der Waals surface area contributed by atoms with Gasteiger partial charge in [0.15, 0.2) is 0 Å². The van der Waals surface area contributed by atoms with Gasteiger partial charge in [0.1, 0.15) is 0 Å². The highest BCUT2D eigenvalue weighted by Crippen LogP contribution is 2.38. The van der Waals surface area contributed by atoms with Crippen LogP contribution in [0.15, 0.2) is 114 Å². The van der Waals surface area contributed by atoms with Gasteiger partial charge in [0.05, 0.1) is 12.3 Å². The average Bonchev–Trinajstić information content (AvgIpc) is 2.97. The highest BCUT2D eigenvalue weighted by atomic mass is 15.1. The van der Waals surface area contributed by atoms with Gasteiger partial charge in [0, 0.05) is 45.1 Å². The Labute approximate surface area is 233 Å². The van der Waals surface area contributed by atoms with Crippen LogP contribution in [0.2, 0.25) is 0 Å². The molecule has 0 aromatic heterocycles. The van der Waals surface area contributed by atoms with Crippen LogP contribution in [0.25, 0.3) is 11.1 Å². The molecule has 0 atom stereocenters. The van der Waals surface area contributed by atoms with Gasteiger partial charge in [-0.15, -0.1) is 0 Å². The minimum Gasteiger partial charge on any atom is -0.378 e. The van der Waals surface area contributed by atoms with E-state index in [0.717, 1.165) is 12.1 Å². The summed E-state index contributed by atoms with van der Waals surface area (Å²) in [6.45, 7) is 2.85. The van der Waals surface area contributed by atoms with Crippen LogP contribution in [-0.4, -0.2) is 33.9 Å². The summed E-state index contributed by atoms with van der Waals surface area (Å²) in [5.74, 6) is 0. The SMILES string of the molecule is CCc1ccc(C/N=C2/C=CC(=C(c3ccc(N(C)C)cc3)c3ccc(N(C)C)cc3)c3ccccc32)cc1. The maximum Gasteiger partial charge on any atom is 0.0657 e. The molecule has 0 unspecified atom stereocenters. The Bertz CT molecular complexity index is 1460. The van der Waals surface area contributed by atoms with Crippen molar-refractivity contribution in [2.75, 3.05) is 38.0 Å². The Morgan fingerprint density at radius 2 is 1.10 bits per heavy atom. The van der Waals surface area contributed by atoms with E-state index in [1.807, 2.05) is 0 Å². The summed E-state index contributed by atoms with van der Waals surface area (Å²) in [5.41, 5.74) is 13.2. The topological polar surface area (TPSA) is 18.8 Å². The van der Waals surface area contributed by atoms with E-state index in [9.17, 15) is 0 Å². The quantitative estimate of drug-likeness (QED) is 0.251. The van der Waals surface area contributed by atoms with Crippen molar-refractivity contribution in [2.45, 2.75) is 19.9 Å². The van der Waals surface area contributed by atoms with E-state index in [2.05, 4.69) is 154 Å². The standard InChI is InChI=1S/C36H37N3/c1-6-26-11-13-27(14-12-26)25-37-35-24-23-34(32-9-7-8-10-33(32)35)36(28-15-19-30(20-16-28)38(2)3)29-17-21-31(22-18-29)39(4)5/h7-24H,6,25H2,1-5H3/b37-35-. The second kappa shape index (κ2) is 11.6. The van der Waals surface area contributed by atoms with E-state index >= 15 is 0 Å². The van der Waals surface area contributed by atoms with Crippen molar-refractivity contribution < 1.29 is 0 Å². The number of hydrogen-bond acceptors (Lipinski definition) is 3. The van der Waals surface area contributed by atoms with Crippen LogP contribution in [-0.2, 0) is 13.0 Å².